The molecule has 26 heavy (non-hydrogen) atoms. The molecule has 0 bridgehead atoms. The number of hydrogen-bond acceptors (Lipinski definition) is 4. The third-order valence-corrected chi connectivity index (χ3v) is 5.72. The molecule has 0 fully saturated rings. The average Bonchev–Trinajstić information content (AvgIpc) is 2.60. The lowest BCUT2D eigenvalue weighted by Gasteiger charge is -2.21. The number of ether oxygens (including phenoxy) is 2. The average molecular weight is 398 g/mol. The van der Waals surface area contributed by atoms with Gasteiger partial charge in [-0.25, -0.2) is 13.1 Å². The highest BCUT2D eigenvalue weighted by Crippen LogP contribution is 2.29. The van der Waals surface area contributed by atoms with Crippen molar-refractivity contribution in [1.82, 2.24) is 4.72 Å². The largest absolute Gasteiger partial charge is 0.497 e. The van der Waals surface area contributed by atoms with E-state index in [2.05, 4.69) is 18.6 Å². The molecule has 0 aliphatic rings. The van der Waals surface area contributed by atoms with E-state index in [1.165, 1.54) is 19.2 Å². The second-order valence-electron chi connectivity index (χ2n) is 6.37. The zero-order valence-corrected chi connectivity index (χ0v) is 16.9. The molecule has 2 rings (SSSR count). The Labute approximate surface area is 160 Å². The van der Waals surface area contributed by atoms with Crippen LogP contribution >= 0.6 is 11.6 Å². The molecule has 2 aromatic rings. The summed E-state index contributed by atoms with van der Waals surface area (Å²) in [5, 5.41) is 0.250. The van der Waals surface area contributed by atoms with Crippen LogP contribution in [0.2, 0.25) is 5.02 Å². The van der Waals surface area contributed by atoms with Crippen LogP contribution in [0.4, 0.5) is 0 Å². The number of hydrogen-bond donors (Lipinski definition) is 1. The van der Waals surface area contributed by atoms with E-state index < -0.39 is 10.0 Å². The topological polar surface area (TPSA) is 64.6 Å². The van der Waals surface area contributed by atoms with Crippen LogP contribution in [0.1, 0.15) is 31.9 Å². The summed E-state index contributed by atoms with van der Waals surface area (Å²) in [6, 6.07) is 11.4. The molecule has 1 atom stereocenters. The van der Waals surface area contributed by atoms with E-state index in [0.717, 1.165) is 11.3 Å². The number of nitrogens with one attached hydrogen (secondary N) is 1. The molecule has 142 valence electrons. The summed E-state index contributed by atoms with van der Waals surface area (Å²) in [4.78, 5) is 0.102. The summed E-state index contributed by atoms with van der Waals surface area (Å²) in [5.41, 5.74) is 0.877. The summed E-state index contributed by atoms with van der Waals surface area (Å²) in [6.07, 6.45) is 0.662. The normalized spacial score (nSPS) is 12.8. The number of methoxy groups -OCH3 is 2. The Hall–Kier alpha value is -1.76. The molecular weight excluding hydrogens is 374 g/mol. The number of benzene rings is 2. The lowest BCUT2D eigenvalue weighted by molar-refractivity contribution is 0.414. The van der Waals surface area contributed by atoms with Gasteiger partial charge in [0.1, 0.15) is 11.5 Å². The van der Waals surface area contributed by atoms with E-state index in [0.29, 0.717) is 18.1 Å². The maximum atomic E-state index is 12.8. The highest BCUT2D eigenvalue weighted by molar-refractivity contribution is 7.89. The van der Waals surface area contributed by atoms with Crippen LogP contribution in [-0.4, -0.2) is 22.6 Å². The number of rotatable bonds is 8. The van der Waals surface area contributed by atoms with Crippen LogP contribution in [0.25, 0.3) is 0 Å². The molecule has 0 saturated carbocycles. The van der Waals surface area contributed by atoms with Crippen molar-refractivity contribution >= 4 is 21.6 Å². The Morgan fingerprint density at radius 1 is 1.04 bits per heavy atom. The minimum Gasteiger partial charge on any atom is -0.497 e. The predicted octanol–water partition coefficient (Wildman–Crippen LogP) is 4.42. The predicted molar refractivity (Wildman–Crippen MR) is 104 cm³/mol. The number of sulfonamides is 1. The first kappa shape index (κ1) is 20.6. The Morgan fingerprint density at radius 2 is 1.69 bits per heavy atom. The van der Waals surface area contributed by atoms with Gasteiger partial charge < -0.3 is 9.47 Å². The maximum absolute atomic E-state index is 12.8. The molecule has 0 aliphatic carbocycles. The third-order valence-electron chi connectivity index (χ3n) is 3.96. The quantitative estimate of drug-likeness (QED) is 0.715. The highest BCUT2D eigenvalue weighted by atomic mass is 35.5. The van der Waals surface area contributed by atoms with Gasteiger partial charge in [-0.3, -0.25) is 0 Å². The Balaban J connectivity index is 2.32. The fraction of sp³-hybridized carbons (Fsp3) is 0.368. The molecule has 0 spiro atoms. The van der Waals surface area contributed by atoms with Gasteiger partial charge in [0.25, 0.3) is 0 Å². The molecule has 0 radical (unpaired) electrons. The van der Waals surface area contributed by atoms with Crippen molar-refractivity contribution in [2.24, 2.45) is 5.92 Å². The molecule has 2 aromatic carbocycles. The van der Waals surface area contributed by atoms with Gasteiger partial charge in [-0.15, -0.1) is 0 Å². The van der Waals surface area contributed by atoms with Gasteiger partial charge in [0.2, 0.25) is 10.0 Å². The SMILES string of the molecule is COc1ccc(C(CC(C)C)NS(=O)(=O)c2ccc(OC)c(Cl)c2)cc1. The van der Waals surface area contributed by atoms with Gasteiger partial charge in [0.15, 0.2) is 0 Å². The van der Waals surface area contributed by atoms with Gasteiger partial charge in [-0.05, 0) is 48.2 Å². The molecule has 0 amide bonds. The molecule has 1 N–H and O–H groups in total. The first-order chi connectivity index (χ1) is 12.3. The summed E-state index contributed by atoms with van der Waals surface area (Å²) >= 11 is 6.08. The Kier molecular flexibility index (Phi) is 6.92. The Bertz CT molecular complexity index is 835. The van der Waals surface area contributed by atoms with Crippen LogP contribution in [-0.2, 0) is 10.0 Å². The Morgan fingerprint density at radius 3 is 2.19 bits per heavy atom. The molecule has 5 nitrogen and oxygen atoms in total. The van der Waals surface area contributed by atoms with Crippen molar-refractivity contribution in [3.63, 3.8) is 0 Å². The standard InChI is InChI=1S/C19H24ClNO4S/c1-13(2)11-18(14-5-7-15(24-3)8-6-14)21-26(22,23)16-9-10-19(25-4)17(20)12-16/h5-10,12-13,18,21H,11H2,1-4H3. The van der Waals surface area contributed by atoms with Crippen LogP contribution in [0.5, 0.6) is 11.5 Å². The number of halogens is 1. The van der Waals surface area contributed by atoms with Crippen LogP contribution < -0.4 is 14.2 Å². The first-order valence-corrected chi connectivity index (χ1v) is 10.1. The second-order valence-corrected chi connectivity index (χ2v) is 8.49. The lowest BCUT2D eigenvalue weighted by Crippen LogP contribution is -2.29. The zero-order chi connectivity index (χ0) is 19.3. The van der Waals surface area contributed by atoms with E-state index in [9.17, 15) is 8.42 Å². The van der Waals surface area contributed by atoms with Gasteiger partial charge in [-0.2, -0.15) is 0 Å². The van der Waals surface area contributed by atoms with E-state index in [-0.39, 0.29) is 16.0 Å². The van der Waals surface area contributed by atoms with Crippen molar-refractivity contribution < 1.29 is 17.9 Å². The van der Waals surface area contributed by atoms with Gasteiger partial charge >= 0.3 is 0 Å². The minimum absolute atomic E-state index is 0.102. The van der Waals surface area contributed by atoms with Gasteiger partial charge in [0, 0.05) is 6.04 Å². The summed E-state index contributed by atoms with van der Waals surface area (Å²) in [6.45, 7) is 4.10. The van der Waals surface area contributed by atoms with Crippen molar-refractivity contribution in [2.75, 3.05) is 14.2 Å². The van der Waals surface area contributed by atoms with Crippen LogP contribution in [0.15, 0.2) is 47.4 Å². The molecule has 0 heterocycles. The van der Waals surface area contributed by atoms with E-state index in [1.807, 2.05) is 24.3 Å². The van der Waals surface area contributed by atoms with E-state index in [4.69, 9.17) is 21.1 Å². The van der Waals surface area contributed by atoms with Crippen molar-refractivity contribution in [3.05, 3.63) is 53.1 Å². The van der Waals surface area contributed by atoms with Gasteiger partial charge in [0.05, 0.1) is 24.1 Å². The first-order valence-electron chi connectivity index (χ1n) is 8.26. The lowest BCUT2D eigenvalue weighted by atomic mass is 9.98. The van der Waals surface area contributed by atoms with E-state index in [1.54, 1.807) is 13.2 Å². The van der Waals surface area contributed by atoms with Crippen molar-refractivity contribution in [2.45, 2.75) is 31.2 Å². The monoisotopic (exact) mass is 397 g/mol. The molecule has 0 aliphatic heterocycles. The van der Waals surface area contributed by atoms with Crippen molar-refractivity contribution in [1.29, 1.82) is 0 Å². The van der Waals surface area contributed by atoms with Crippen LogP contribution in [0, 0.1) is 5.92 Å². The molecule has 7 heteroatoms. The van der Waals surface area contributed by atoms with Crippen LogP contribution in [0.3, 0.4) is 0 Å². The van der Waals surface area contributed by atoms with Crippen molar-refractivity contribution in [3.8, 4) is 11.5 Å². The molecule has 0 saturated heterocycles. The van der Waals surface area contributed by atoms with E-state index >= 15 is 0 Å². The second kappa shape index (κ2) is 8.75. The molecule has 1 unspecified atom stereocenters. The fourth-order valence-electron chi connectivity index (χ4n) is 2.63. The third kappa shape index (κ3) is 5.13. The minimum atomic E-state index is -3.74. The summed E-state index contributed by atoms with van der Waals surface area (Å²) in [5.74, 6) is 1.46. The zero-order valence-electron chi connectivity index (χ0n) is 15.3. The van der Waals surface area contributed by atoms with Gasteiger partial charge in [-0.1, -0.05) is 37.6 Å². The fourth-order valence-corrected chi connectivity index (χ4v) is 4.21. The summed E-state index contributed by atoms with van der Waals surface area (Å²) < 4.78 is 38.7. The smallest absolute Gasteiger partial charge is 0.241 e. The highest BCUT2D eigenvalue weighted by Gasteiger charge is 2.23. The molecule has 0 aromatic heterocycles. The molecular formula is C19H24ClNO4S. The summed E-state index contributed by atoms with van der Waals surface area (Å²) in [7, 11) is -0.662. The maximum Gasteiger partial charge on any atom is 0.241 e.